The number of hydrogen-bond acceptors (Lipinski definition) is 4. The fourth-order valence-corrected chi connectivity index (χ4v) is 3.18. The van der Waals surface area contributed by atoms with Gasteiger partial charge < -0.3 is 9.84 Å². The van der Waals surface area contributed by atoms with Gasteiger partial charge in [-0.05, 0) is 18.1 Å². The Labute approximate surface area is 129 Å². The van der Waals surface area contributed by atoms with E-state index in [4.69, 9.17) is 5.11 Å². The third-order valence-electron chi connectivity index (χ3n) is 2.64. The van der Waals surface area contributed by atoms with Crippen LogP contribution in [0.4, 0.5) is 17.6 Å². The molecule has 11 heteroatoms. The lowest BCUT2D eigenvalue weighted by Gasteiger charge is -2.20. The summed E-state index contributed by atoms with van der Waals surface area (Å²) in [6.07, 6.45) is -5.25. The summed E-state index contributed by atoms with van der Waals surface area (Å²) in [6, 6.07) is 0.393. The first-order valence-corrected chi connectivity index (χ1v) is 7.63. The van der Waals surface area contributed by atoms with Crippen LogP contribution in [0.2, 0.25) is 0 Å². The van der Waals surface area contributed by atoms with Crippen LogP contribution in [0.1, 0.15) is 13.8 Å². The first-order valence-electron chi connectivity index (χ1n) is 6.14. The van der Waals surface area contributed by atoms with Crippen LogP contribution in [0.15, 0.2) is 23.1 Å². The van der Waals surface area contributed by atoms with Crippen LogP contribution in [-0.2, 0) is 14.8 Å². The highest BCUT2D eigenvalue weighted by Gasteiger charge is 2.37. The van der Waals surface area contributed by atoms with Gasteiger partial charge >= 0.3 is 12.3 Å². The Balaban J connectivity index is 3.35. The number of carboxylic acids is 1. The highest BCUT2D eigenvalue weighted by Crippen LogP contribution is 2.31. The van der Waals surface area contributed by atoms with Crippen molar-refractivity contribution in [2.24, 2.45) is 5.92 Å². The first-order chi connectivity index (χ1) is 10.3. The summed E-state index contributed by atoms with van der Waals surface area (Å²) in [4.78, 5) is 9.60. The average Bonchev–Trinajstić information content (AvgIpc) is 2.33. The number of rotatable bonds is 6. The molecule has 1 aromatic rings. The molecule has 0 amide bonds. The normalized spacial score (nSPS) is 13.9. The quantitative estimate of drug-likeness (QED) is 0.759. The maximum absolute atomic E-state index is 13.8. The highest BCUT2D eigenvalue weighted by molar-refractivity contribution is 7.89. The van der Waals surface area contributed by atoms with Crippen molar-refractivity contribution in [1.29, 1.82) is 0 Å². The maximum Gasteiger partial charge on any atom is 0.573 e. The molecule has 130 valence electrons. The number of aliphatic carboxylic acids is 1. The molecule has 0 saturated heterocycles. The topological polar surface area (TPSA) is 92.7 Å². The second kappa shape index (κ2) is 6.71. The van der Waals surface area contributed by atoms with Crippen molar-refractivity contribution in [1.82, 2.24) is 4.72 Å². The number of nitrogens with one attached hydrogen (secondary N) is 1. The molecule has 0 fully saturated rings. The van der Waals surface area contributed by atoms with Gasteiger partial charge in [-0.25, -0.2) is 12.8 Å². The number of hydrogen-bond donors (Lipinski definition) is 2. The third kappa shape index (κ3) is 5.06. The van der Waals surface area contributed by atoms with Gasteiger partial charge in [-0.1, -0.05) is 19.9 Å². The molecule has 23 heavy (non-hydrogen) atoms. The zero-order valence-electron chi connectivity index (χ0n) is 11.9. The molecule has 0 aliphatic carbocycles. The van der Waals surface area contributed by atoms with Gasteiger partial charge in [-0.15, -0.1) is 13.2 Å². The molecule has 1 atom stereocenters. The minimum atomic E-state index is -5.25. The lowest BCUT2D eigenvalue weighted by Crippen LogP contribution is -2.44. The van der Waals surface area contributed by atoms with Gasteiger partial charge in [0.25, 0.3) is 0 Å². The van der Waals surface area contributed by atoms with E-state index in [9.17, 15) is 30.8 Å². The van der Waals surface area contributed by atoms with E-state index in [0.717, 1.165) is 6.07 Å². The number of carbonyl (C=O) groups is 1. The van der Waals surface area contributed by atoms with E-state index in [1.165, 1.54) is 13.8 Å². The molecule has 0 spiro atoms. The lowest BCUT2D eigenvalue weighted by molar-refractivity contribution is -0.275. The molecule has 0 radical (unpaired) electrons. The molecule has 0 aliphatic heterocycles. The Morgan fingerprint density at radius 1 is 1.30 bits per heavy atom. The molecule has 0 unspecified atom stereocenters. The Hall–Kier alpha value is -1.88. The van der Waals surface area contributed by atoms with Crippen LogP contribution >= 0.6 is 0 Å². The zero-order valence-corrected chi connectivity index (χ0v) is 12.7. The molecular weight excluding hydrogens is 346 g/mol. The lowest BCUT2D eigenvalue weighted by atomic mass is 10.1. The molecule has 1 rings (SSSR count). The van der Waals surface area contributed by atoms with E-state index in [0.29, 0.717) is 12.1 Å². The third-order valence-corrected chi connectivity index (χ3v) is 4.14. The number of ether oxygens (including phenoxy) is 1. The zero-order chi connectivity index (χ0) is 18.0. The Morgan fingerprint density at radius 3 is 2.30 bits per heavy atom. The summed E-state index contributed by atoms with van der Waals surface area (Å²) in [7, 11) is -4.91. The average molecular weight is 359 g/mol. The van der Waals surface area contributed by atoms with Crippen LogP contribution in [0, 0.1) is 11.7 Å². The summed E-state index contributed by atoms with van der Waals surface area (Å²) in [5, 5.41) is 8.95. The predicted octanol–water partition coefficient (Wildman–Crippen LogP) is 2.11. The Morgan fingerprint density at radius 2 is 1.87 bits per heavy atom. The van der Waals surface area contributed by atoms with Gasteiger partial charge in [0.15, 0.2) is 10.6 Å². The fraction of sp³-hybridized carbons (Fsp3) is 0.417. The van der Waals surface area contributed by atoms with E-state index >= 15 is 0 Å². The van der Waals surface area contributed by atoms with Gasteiger partial charge in [0.05, 0.1) is 0 Å². The van der Waals surface area contributed by atoms with E-state index in [-0.39, 0.29) is 0 Å². The maximum atomic E-state index is 13.8. The van der Waals surface area contributed by atoms with Gasteiger partial charge in [0, 0.05) is 0 Å². The number of sulfonamides is 1. The molecular formula is C12H13F4NO5S. The Kier molecular flexibility index (Phi) is 5.59. The van der Waals surface area contributed by atoms with Crippen LogP contribution in [0.5, 0.6) is 5.75 Å². The molecule has 0 aliphatic rings. The highest BCUT2D eigenvalue weighted by atomic mass is 32.2. The largest absolute Gasteiger partial charge is 0.573 e. The first kappa shape index (κ1) is 19.2. The van der Waals surface area contributed by atoms with Crippen molar-refractivity contribution >= 4 is 16.0 Å². The number of halogens is 4. The molecule has 0 heterocycles. The van der Waals surface area contributed by atoms with Crippen LogP contribution in [-0.4, -0.2) is 31.9 Å². The second-order valence-electron chi connectivity index (χ2n) is 4.80. The van der Waals surface area contributed by atoms with E-state index < -0.39 is 50.8 Å². The van der Waals surface area contributed by atoms with E-state index in [2.05, 4.69) is 4.74 Å². The SMILES string of the molecule is CC(C)[C@@H](NS(=O)(=O)c1c(F)cccc1OC(F)(F)F)C(=O)O. The standard InChI is InChI=1S/C12H13F4NO5S/c1-6(2)9(11(18)19)17-23(20,21)10-7(13)4-3-5-8(10)22-12(14,15)16/h3-6,9,17H,1-2H3,(H,18,19)/t9-/m1/s1. The van der Waals surface area contributed by atoms with E-state index in [1.54, 1.807) is 4.72 Å². The van der Waals surface area contributed by atoms with E-state index in [1.807, 2.05) is 0 Å². The monoisotopic (exact) mass is 359 g/mol. The van der Waals surface area contributed by atoms with Crippen molar-refractivity contribution in [3.8, 4) is 5.75 Å². The van der Waals surface area contributed by atoms with Crippen molar-refractivity contribution in [3.63, 3.8) is 0 Å². The molecule has 6 nitrogen and oxygen atoms in total. The van der Waals surface area contributed by atoms with Crippen molar-refractivity contribution in [2.45, 2.75) is 31.1 Å². The summed E-state index contributed by atoms with van der Waals surface area (Å²) in [6.45, 7) is 2.74. The molecule has 1 aromatic carbocycles. The summed E-state index contributed by atoms with van der Waals surface area (Å²) in [5.41, 5.74) is 0. The van der Waals surface area contributed by atoms with Crippen LogP contribution < -0.4 is 9.46 Å². The molecule has 0 saturated carbocycles. The van der Waals surface area contributed by atoms with Gasteiger partial charge in [-0.3, -0.25) is 4.79 Å². The Bertz CT molecular complexity index is 687. The van der Waals surface area contributed by atoms with Gasteiger partial charge in [-0.2, -0.15) is 4.72 Å². The fourth-order valence-electron chi connectivity index (χ4n) is 1.65. The minimum Gasteiger partial charge on any atom is -0.480 e. The molecule has 2 N–H and O–H groups in total. The van der Waals surface area contributed by atoms with Crippen molar-refractivity contribution in [3.05, 3.63) is 24.0 Å². The van der Waals surface area contributed by atoms with Crippen molar-refractivity contribution < 1.29 is 40.6 Å². The summed E-state index contributed by atoms with van der Waals surface area (Å²) in [5.74, 6) is -5.09. The summed E-state index contributed by atoms with van der Waals surface area (Å²) >= 11 is 0. The predicted molar refractivity (Wildman–Crippen MR) is 69.7 cm³/mol. The molecule has 0 bridgehead atoms. The van der Waals surface area contributed by atoms with Gasteiger partial charge in [0.1, 0.15) is 11.9 Å². The number of alkyl halides is 3. The number of benzene rings is 1. The minimum absolute atomic E-state index is 0.607. The number of carboxylic acid groups (broad SMARTS) is 1. The smallest absolute Gasteiger partial charge is 0.480 e. The summed E-state index contributed by atoms with van der Waals surface area (Å²) < 4.78 is 80.1. The van der Waals surface area contributed by atoms with Crippen molar-refractivity contribution in [2.75, 3.05) is 0 Å². The van der Waals surface area contributed by atoms with Crippen LogP contribution in [0.25, 0.3) is 0 Å². The van der Waals surface area contributed by atoms with Crippen LogP contribution in [0.3, 0.4) is 0 Å². The van der Waals surface area contributed by atoms with Gasteiger partial charge in [0.2, 0.25) is 10.0 Å². The second-order valence-corrected chi connectivity index (χ2v) is 6.45. The molecule has 0 aromatic heterocycles.